The SMILES string of the molecule is COOCCOc1ccc(Cl)c2cccnc12. The van der Waals surface area contributed by atoms with Crippen molar-refractivity contribution >= 4 is 22.5 Å². The molecule has 0 aliphatic heterocycles. The van der Waals surface area contributed by atoms with Gasteiger partial charge in [-0.05, 0) is 24.3 Å². The van der Waals surface area contributed by atoms with Crippen molar-refractivity contribution < 1.29 is 14.5 Å². The number of ether oxygens (including phenoxy) is 1. The van der Waals surface area contributed by atoms with Gasteiger partial charge in [0.25, 0.3) is 0 Å². The summed E-state index contributed by atoms with van der Waals surface area (Å²) in [6.07, 6.45) is 1.71. The van der Waals surface area contributed by atoms with Crippen LogP contribution in [0.15, 0.2) is 30.5 Å². The van der Waals surface area contributed by atoms with Crippen molar-refractivity contribution in [1.29, 1.82) is 0 Å². The monoisotopic (exact) mass is 253 g/mol. The van der Waals surface area contributed by atoms with Crippen molar-refractivity contribution in [3.8, 4) is 5.75 Å². The molecule has 0 unspecified atom stereocenters. The summed E-state index contributed by atoms with van der Waals surface area (Å²) in [5.74, 6) is 0.685. The lowest BCUT2D eigenvalue weighted by atomic mass is 10.2. The van der Waals surface area contributed by atoms with Crippen molar-refractivity contribution in [1.82, 2.24) is 4.98 Å². The van der Waals surface area contributed by atoms with Gasteiger partial charge in [-0.15, -0.1) is 0 Å². The van der Waals surface area contributed by atoms with E-state index >= 15 is 0 Å². The normalized spacial score (nSPS) is 10.7. The molecule has 0 N–H and O–H groups in total. The molecule has 0 radical (unpaired) electrons. The minimum absolute atomic E-state index is 0.355. The molecule has 0 spiro atoms. The molecule has 0 amide bonds. The molecule has 0 bridgehead atoms. The molecular formula is C12H12ClNO3. The van der Waals surface area contributed by atoms with Gasteiger partial charge in [0, 0.05) is 11.6 Å². The third-order valence-electron chi connectivity index (χ3n) is 2.22. The number of halogens is 1. The molecule has 1 heterocycles. The van der Waals surface area contributed by atoms with Gasteiger partial charge in [-0.25, -0.2) is 9.78 Å². The second kappa shape index (κ2) is 5.82. The molecule has 2 aromatic rings. The lowest BCUT2D eigenvalue weighted by molar-refractivity contribution is -0.274. The number of aromatic nitrogens is 1. The van der Waals surface area contributed by atoms with E-state index in [1.807, 2.05) is 12.1 Å². The van der Waals surface area contributed by atoms with E-state index in [0.717, 1.165) is 10.9 Å². The molecule has 0 saturated carbocycles. The van der Waals surface area contributed by atoms with Gasteiger partial charge in [-0.2, -0.15) is 0 Å². The van der Waals surface area contributed by atoms with Gasteiger partial charge in [-0.1, -0.05) is 11.6 Å². The zero-order valence-electron chi connectivity index (χ0n) is 9.35. The van der Waals surface area contributed by atoms with Crippen molar-refractivity contribution in [2.45, 2.75) is 0 Å². The fourth-order valence-corrected chi connectivity index (χ4v) is 1.71. The Morgan fingerprint density at radius 2 is 2.12 bits per heavy atom. The fraction of sp³-hybridized carbons (Fsp3) is 0.250. The largest absolute Gasteiger partial charge is 0.489 e. The number of hydrogen-bond acceptors (Lipinski definition) is 4. The number of rotatable bonds is 5. The highest BCUT2D eigenvalue weighted by atomic mass is 35.5. The summed E-state index contributed by atoms with van der Waals surface area (Å²) in [6.45, 7) is 0.745. The summed E-state index contributed by atoms with van der Waals surface area (Å²) < 4.78 is 5.55. The highest BCUT2D eigenvalue weighted by molar-refractivity contribution is 6.35. The van der Waals surface area contributed by atoms with E-state index in [9.17, 15) is 0 Å². The zero-order chi connectivity index (χ0) is 12.1. The fourth-order valence-electron chi connectivity index (χ4n) is 1.50. The van der Waals surface area contributed by atoms with Crippen molar-refractivity contribution in [3.63, 3.8) is 0 Å². The van der Waals surface area contributed by atoms with Crippen LogP contribution in [0.5, 0.6) is 5.75 Å². The van der Waals surface area contributed by atoms with Gasteiger partial charge < -0.3 is 4.74 Å². The standard InChI is InChI=1S/C12H12ClNO3/c1-15-17-8-7-16-11-5-4-10(13)9-3-2-6-14-12(9)11/h2-6H,7-8H2,1H3. The third kappa shape index (κ3) is 2.85. The van der Waals surface area contributed by atoms with Crippen LogP contribution in [0.2, 0.25) is 5.02 Å². The average Bonchev–Trinajstić information content (AvgIpc) is 2.37. The molecule has 1 aromatic heterocycles. The summed E-state index contributed by atoms with van der Waals surface area (Å²) in [4.78, 5) is 13.4. The van der Waals surface area contributed by atoms with Crippen LogP contribution in [0.25, 0.3) is 10.9 Å². The number of hydrogen-bond donors (Lipinski definition) is 0. The van der Waals surface area contributed by atoms with Crippen molar-refractivity contribution in [2.24, 2.45) is 0 Å². The van der Waals surface area contributed by atoms with Gasteiger partial charge in [0.1, 0.15) is 24.5 Å². The summed E-state index contributed by atoms with van der Waals surface area (Å²) in [5.41, 5.74) is 0.748. The van der Waals surface area contributed by atoms with E-state index in [-0.39, 0.29) is 0 Å². The number of nitrogens with zero attached hydrogens (tertiary/aromatic N) is 1. The van der Waals surface area contributed by atoms with E-state index in [0.29, 0.717) is 24.0 Å². The maximum absolute atomic E-state index is 6.07. The Morgan fingerprint density at radius 1 is 1.24 bits per heavy atom. The van der Waals surface area contributed by atoms with Gasteiger partial charge in [0.05, 0.1) is 12.1 Å². The molecule has 0 fully saturated rings. The van der Waals surface area contributed by atoms with Gasteiger partial charge in [0.2, 0.25) is 0 Å². The third-order valence-corrected chi connectivity index (χ3v) is 2.55. The second-order valence-electron chi connectivity index (χ2n) is 3.28. The van der Waals surface area contributed by atoms with Gasteiger partial charge in [-0.3, -0.25) is 4.98 Å². The van der Waals surface area contributed by atoms with Crippen LogP contribution in [0.3, 0.4) is 0 Å². The van der Waals surface area contributed by atoms with Crippen LogP contribution < -0.4 is 4.74 Å². The van der Waals surface area contributed by atoms with E-state index in [1.165, 1.54) is 7.11 Å². The lowest BCUT2D eigenvalue weighted by Gasteiger charge is -2.08. The van der Waals surface area contributed by atoms with Crippen molar-refractivity contribution in [2.75, 3.05) is 20.3 Å². The molecule has 2 rings (SSSR count). The molecule has 0 atom stereocenters. The highest BCUT2D eigenvalue weighted by Crippen LogP contribution is 2.29. The Balaban J connectivity index is 2.20. The summed E-state index contributed by atoms with van der Waals surface area (Å²) in [6, 6.07) is 7.33. The smallest absolute Gasteiger partial charge is 0.145 e. The topological polar surface area (TPSA) is 40.6 Å². The molecular weight excluding hydrogens is 242 g/mol. The number of pyridine rings is 1. The minimum atomic E-state index is 0.355. The molecule has 90 valence electrons. The minimum Gasteiger partial charge on any atom is -0.489 e. The van der Waals surface area contributed by atoms with Crippen LogP contribution in [0, 0.1) is 0 Å². The van der Waals surface area contributed by atoms with Crippen LogP contribution >= 0.6 is 11.6 Å². The van der Waals surface area contributed by atoms with Crippen LogP contribution in [0.4, 0.5) is 0 Å². The number of benzene rings is 1. The molecule has 5 heteroatoms. The zero-order valence-corrected chi connectivity index (χ0v) is 10.1. The van der Waals surface area contributed by atoms with Crippen LogP contribution in [-0.2, 0) is 9.78 Å². The Hall–Kier alpha value is -1.36. The molecule has 0 aliphatic carbocycles. The quantitative estimate of drug-likeness (QED) is 0.467. The Kier molecular flexibility index (Phi) is 4.14. The van der Waals surface area contributed by atoms with Crippen LogP contribution in [0.1, 0.15) is 0 Å². The maximum Gasteiger partial charge on any atom is 0.145 e. The molecule has 0 aliphatic rings. The Morgan fingerprint density at radius 3 is 2.94 bits per heavy atom. The first-order valence-electron chi connectivity index (χ1n) is 5.14. The van der Waals surface area contributed by atoms with E-state index in [2.05, 4.69) is 9.87 Å². The molecule has 1 aromatic carbocycles. The van der Waals surface area contributed by atoms with Gasteiger partial charge in [0.15, 0.2) is 0 Å². The number of fused-ring (bicyclic) bond motifs is 1. The first-order valence-corrected chi connectivity index (χ1v) is 5.52. The highest BCUT2D eigenvalue weighted by Gasteiger charge is 2.06. The van der Waals surface area contributed by atoms with Crippen LogP contribution in [-0.4, -0.2) is 25.3 Å². The first-order chi connectivity index (χ1) is 8.33. The van der Waals surface area contributed by atoms with E-state index in [4.69, 9.17) is 21.2 Å². The summed E-state index contributed by atoms with van der Waals surface area (Å²) in [5, 5.41) is 1.54. The average molecular weight is 254 g/mol. The van der Waals surface area contributed by atoms with E-state index in [1.54, 1.807) is 18.3 Å². The first kappa shape index (κ1) is 12.1. The Labute approximate surface area is 104 Å². The van der Waals surface area contributed by atoms with E-state index < -0.39 is 0 Å². The summed E-state index contributed by atoms with van der Waals surface area (Å²) in [7, 11) is 1.46. The molecule has 17 heavy (non-hydrogen) atoms. The van der Waals surface area contributed by atoms with Crippen molar-refractivity contribution in [3.05, 3.63) is 35.5 Å². The predicted molar refractivity (Wildman–Crippen MR) is 65.2 cm³/mol. The van der Waals surface area contributed by atoms with Gasteiger partial charge >= 0.3 is 0 Å². The predicted octanol–water partition coefficient (Wildman–Crippen LogP) is 2.85. The molecule has 0 saturated heterocycles. The maximum atomic E-state index is 6.07. The Bertz CT molecular complexity index is 504. The summed E-state index contributed by atoms with van der Waals surface area (Å²) >= 11 is 6.07. The second-order valence-corrected chi connectivity index (χ2v) is 3.69. The molecule has 4 nitrogen and oxygen atoms in total. The lowest BCUT2D eigenvalue weighted by Crippen LogP contribution is -2.06.